The van der Waals surface area contributed by atoms with Crippen LogP contribution in [0.4, 0.5) is 4.79 Å². The van der Waals surface area contributed by atoms with Crippen molar-refractivity contribution in [3.63, 3.8) is 0 Å². The van der Waals surface area contributed by atoms with Crippen LogP contribution in [0.2, 0.25) is 0 Å². The largest absolute Gasteiger partial charge is 1.00 e. The summed E-state index contributed by atoms with van der Waals surface area (Å²) in [6.07, 6.45) is 5.63. The number of amides is 1. The first-order valence-electron chi connectivity index (χ1n) is 7.44. The van der Waals surface area contributed by atoms with E-state index in [4.69, 9.17) is 4.74 Å². The van der Waals surface area contributed by atoms with Gasteiger partial charge in [-0.15, -0.1) is 6.92 Å². The maximum absolute atomic E-state index is 12.1. The van der Waals surface area contributed by atoms with Crippen LogP contribution >= 0.6 is 0 Å². The fraction of sp³-hybridized carbons (Fsp3) is 0.750. The third-order valence-electron chi connectivity index (χ3n) is 3.67. The van der Waals surface area contributed by atoms with E-state index < -0.39 is 0 Å². The van der Waals surface area contributed by atoms with Gasteiger partial charge in [0.1, 0.15) is 0 Å². The van der Waals surface area contributed by atoms with Gasteiger partial charge < -0.3 is 9.64 Å². The molecule has 1 amide bonds. The molecular formula is C16H28LiNO2. The predicted octanol–water partition coefficient (Wildman–Crippen LogP) is 1.69. The second-order valence-electron chi connectivity index (χ2n) is 5.96. The zero-order chi connectivity index (χ0) is 14.4. The summed E-state index contributed by atoms with van der Waals surface area (Å²) in [5.74, 6) is 0. The summed E-state index contributed by atoms with van der Waals surface area (Å²) >= 11 is 0. The minimum absolute atomic E-state index is 0. The van der Waals surface area contributed by atoms with Crippen LogP contribution in [-0.2, 0) is 4.74 Å². The average Bonchev–Trinajstić information content (AvgIpc) is 2.50. The summed E-state index contributed by atoms with van der Waals surface area (Å²) in [7, 11) is 0. The van der Waals surface area contributed by atoms with Gasteiger partial charge in [-0.2, -0.15) is 5.57 Å². The van der Waals surface area contributed by atoms with Crippen molar-refractivity contribution in [3.05, 3.63) is 17.8 Å². The molecule has 0 bridgehead atoms. The van der Waals surface area contributed by atoms with Crippen molar-refractivity contribution in [1.29, 1.82) is 0 Å². The molecule has 1 aliphatic rings. The fourth-order valence-electron chi connectivity index (χ4n) is 2.62. The third kappa shape index (κ3) is 5.85. The Morgan fingerprint density at radius 2 is 1.65 bits per heavy atom. The Kier molecular flexibility index (Phi) is 9.17. The van der Waals surface area contributed by atoms with E-state index in [9.17, 15) is 4.79 Å². The van der Waals surface area contributed by atoms with Crippen LogP contribution in [-0.4, -0.2) is 23.1 Å². The molecule has 0 saturated heterocycles. The Bertz CT molecular complexity index is 329. The number of carbonyl (C=O) groups is 1. The standard InChI is InChI=1S/C16H28NO2.Li/c1-12(2)17(13(3)4)16(18)19-11-15-10-8-6-7-9-14(15)5;/h11-13H,6-10H2,1-5H3;/q-1;+1. The summed E-state index contributed by atoms with van der Waals surface area (Å²) in [4.78, 5) is 13.9. The quantitative estimate of drug-likeness (QED) is 0.576. The van der Waals surface area contributed by atoms with E-state index in [0.717, 1.165) is 12.8 Å². The van der Waals surface area contributed by atoms with Gasteiger partial charge in [0, 0.05) is 12.1 Å². The van der Waals surface area contributed by atoms with E-state index in [2.05, 4.69) is 6.92 Å². The molecule has 0 aliphatic heterocycles. The van der Waals surface area contributed by atoms with Crippen LogP contribution in [0.1, 0.15) is 66.7 Å². The van der Waals surface area contributed by atoms with Gasteiger partial charge in [0.25, 0.3) is 0 Å². The number of ether oxygens (including phenoxy) is 1. The maximum atomic E-state index is 12.1. The number of hydrogen-bond donors (Lipinski definition) is 0. The molecule has 1 aliphatic carbocycles. The van der Waals surface area contributed by atoms with Gasteiger partial charge in [-0.05, 0) is 27.7 Å². The Morgan fingerprint density at radius 1 is 1.10 bits per heavy atom. The molecule has 110 valence electrons. The van der Waals surface area contributed by atoms with Crippen molar-refractivity contribution >= 4 is 6.09 Å². The molecular weight excluding hydrogens is 245 g/mol. The summed E-state index contributed by atoms with van der Waals surface area (Å²) in [6, 6.07) is 0.315. The topological polar surface area (TPSA) is 29.5 Å². The molecule has 0 spiro atoms. The number of allylic oxidation sites excluding steroid dienone is 1. The molecule has 0 unspecified atom stereocenters. The Morgan fingerprint density at radius 3 is 2.20 bits per heavy atom. The van der Waals surface area contributed by atoms with Crippen LogP contribution in [0.3, 0.4) is 0 Å². The molecule has 0 heterocycles. The predicted molar refractivity (Wildman–Crippen MR) is 78.7 cm³/mol. The molecule has 0 aromatic rings. The van der Waals surface area contributed by atoms with Gasteiger partial charge >= 0.3 is 25.0 Å². The van der Waals surface area contributed by atoms with Gasteiger partial charge in [0.05, 0.1) is 0 Å². The Labute approximate surface area is 136 Å². The monoisotopic (exact) mass is 273 g/mol. The summed E-state index contributed by atoms with van der Waals surface area (Å²) in [5.41, 5.74) is 2.57. The van der Waals surface area contributed by atoms with E-state index in [1.54, 1.807) is 11.5 Å². The van der Waals surface area contributed by atoms with Crippen LogP contribution in [0, 0.1) is 6.61 Å². The normalized spacial score (nSPS) is 15.8. The number of carbonyl (C=O) groups excluding carboxylic acids is 1. The van der Waals surface area contributed by atoms with Crippen molar-refractivity contribution in [2.75, 3.05) is 0 Å². The molecule has 0 fully saturated rings. The number of rotatable bonds is 4. The summed E-state index contributed by atoms with van der Waals surface area (Å²) < 4.78 is 5.40. The Hall–Kier alpha value is -0.523. The van der Waals surface area contributed by atoms with Crippen molar-refractivity contribution in [2.45, 2.75) is 78.8 Å². The molecule has 4 heteroatoms. The van der Waals surface area contributed by atoms with Crippen molar-refractivity contribution < 1.29 is 28.4 Å². The number of nitrogens with zero attached hydrogens (tertiary/aromatic N) is 1. The van der Waals surface area contributed by atoms with E-state index in [1.165, 1.54) is 30.4 Å². The Balaban J connectivity index is 0.00000361. The molecule has 0 aromatic carbocycles. The minimum atomic E-state index is -0.241. The van der Waals surface area contributed by atoms with E-state index >= 15 is 0 Å². The van der Waals surface area contributed by atoms with Crippen LogP contribution < -0.4 is 18.9 Å². The summed E-state index contributed by atoms with van der Waals surface area (Å²) in [6.45, 7) is 11.9. The smallest absolute Gasteiger partial charge is 0.511 e. The second kappa shape index (κ2) is 9.42. The number of hydrogen-bond acceptors (Lipinski definition) is 2. The van der Waals surface area contributed by atoms with Gasteiger partial charge in [-0.1, -0.05) is 38.7 Å². The molecule has 1 rings (SSSR count). The summed E-state index contributed by atoms with van der Waals surface area (Å²) in [5, 5.41) is 0. The average molecular weight is 273 g/mol. The zero-order valence-electron chi connectivity index (χ0n) is 14.0. The van der Waals surface area contributed by atoms with Crippen molar-refractivity contribution in [3.8, 4) is 0 Å². The second-order valence-corrected chi connectivity index (χ2v) is 5.96. The van der Waals surface area contributed by atoms with Crippen LogP contribution in [0.25, 0.3) is 0 Å². The van der Waals surface area contributed by atoms with Gasteiger partial charge in [0.2, 0.25) is 0 Å². The third-order valence-corrected chi connectivity index (χ3v) is 3.67. The molecule has 20 heavy (non-hydrogen) atoms. The van der Waals surface area contributed by atoms with Crippen LogP contribution in [0.15, 0.2) is 11.1 Å². The maximum Gasteiger partial charge on any atom is 1.00 e. The van der Waals surface area contributed by atoms with Gasteiger partial charge in [-0.3, -0.25) is 0 Å². The van der Waals surface area contributed by atoms with Gasteiger partial charge in [-0.25, -0.2) is 10.4 Å². The molecule has 0 N–H and O–H groups in total. The SMILES string of the molecule is CC1=C([CH-]OC(=O)N(C(C)C)C(C)C)CCCCC1.[Li+]. The van der Waals surface area contributed by atoms with Gasteiger partial charge in [0.15, 0.2) is 0 Å². The zero-order valence-corrected chi connectivity index (χ0v) is 14.0. The molecule has 0 atom stereocenters. The van der Waals surface area contributed by atoms with E-state index in [0.29, 0.717) is 0 Å². The molecule has 0 aromatic heterocycles. The van der Waals surface area contributed by atoms with Crippen molar-refractivity contribution in [1.82, 2.24) is 4.90 Å². The molecule has 0 radical (unpaired) electrons. The minimum Gasteiger partial charge on any atom is -0.511 e. The molecule has 3 nitrogen and oxygen atoms in total. The van der Waals surface area contributed by atoms with E-state index in [-0.39, 0.29) is 37.0 Å². The first-order chi connectivity index (χ1) is 8.93. The van der Waals surface area contributed by atoms with Crippen LogP contribution in [0.5, 0.6) is 0 Å². The van der Waals surface area contributed by atoms with Crippen molar-refractivity contribution in [2.24, 2.45) is 0 Å². The fourth-order valence-corrected chi connectivity index (χ4v) is 2.62. The first-order valence-corrected chi connectivity index (χ1v) is 7.44. The molecule has 0 saturated carbocycles. The first kappa shape index (κ1) is 19.5. The van der Waals surface area contributed by atoms with E-state index in [1.807, 2.05) is 27.7 Å².